The molecular formula is C11H14N2O4S. The molecule has 0 spiro atoms. The third-order valence-corrected chi connectivity index (χ3v) is 3.75. The van der Waals surface area contributed by atoms with Crippen LogP contribution in [0.5, 0.6) is 0 Å². The number of anilines is 1. The van der Waals surface area contributed by atoms with Gasteiger partial charge in [-0.3, -0.25) is 4.79 Å². The van der Waals surface area contributed by atoms with E-state index < -0.39 is 5.97 Å². The molecule has 1 N–H and O–H groups in total. The van der Waals surface area contributed by atoms with Crippen LogP contribution in [0.2, 0.25) is 0 Å². The Morgan fingerprint density at radius 1 is 1.56 bits per heavy atom. The molecule has 6 nitrogen and oxygen atoms in total. The number of nitrogens with zero attached hydrogens (tertiary/aromatic N) is 1. The largest absolute Gasteiger partial charge is 0.465 e. The molecule has 0 radical (unpaired) electrons. The van der Waals surface area contributed by atoms with Gasteiger partial charge in [0.15, 0.2) is 5.13 Å². The summed E-state index contributed by atoms with van der Waals surface area (Å²) >= 11 is 1.12. The summed E-state index contributed by atoms with van der Waals surface area (Å²) < 4.78 is 9.78. The molecule has 1 saturated heterocycles. The lowest BCUT2D eigenvalue weighted by Gasteiger charge is -2.05. The molecule has 2 heterocycles. The number of carbonyl (C=O) groups excluding carboxylic acids is 2. The van der Waals surface area contributed by atoms with Crippen molar-refractivity contribution in [3.8, 4) is 0 Å². The molecule has 1 atom stereocenters. The van der Waals surface area contributed by atoms with Crippen LogP contribution >= 0.6 is 11.3 Å². The zero-order valence-electron chi connectivity index (χ0n) is 10.2. The summed E-state index contributed by atoms with van der Waals surface area (Å²) in [7, 11) is 1.32. The number of carbonyl (C=O) groups is 2. The molecule has 1 amide bonds. The Kier molecular flexibility index (Phi) is 3.93. The van der Waals surface area contributed by atoms with Gasteiger partial charge >= 0.3 is 5.97 Å². The second kappa shape index (κ2) is 5.45. The van der Waals surface area contributed by atoms with Crippen LogP contribution in [-0.4, -0.2) is 37.2 Å². The van der Waals surface area contributed by atoms with Gasteiger partial charge < -0.3 is 14.8 Å². The molecule has 2 rings (SSSR count). The number of hydrogen-bond acceptors (Lipinski definition) is 6. The number of aromatic nitrogens is 1. The van der Waals surface area contributed by atoms with Crippen LogP contribution in [0.25, 0.3) is 0 Å². The van der Waals surface area contributed by atoms with Gasteiger partial charge in [-0.05, 0) is 13.3 Å². The van der Waals surface area contributed by atoms with Crippen LogP contribution in [0.3, 0.4) is 0 Å². The SMILES string of the molecule is COC(=O)c1sc(NC(=O)C2CCOC2)nc1C. The van der Waals surface area contributed by atoms with E-state index in [1.165, 1.54) is 7.11 Å². The van der Waals surface area contributed by atoms with Crippen LogP contribution in [0, 0.1) is 12.8 Å². The number of hydrogen-bond donors (Lipinski definition) is 1. The molecule has 1 aliphatic heterocycles. The Balaban J connectivity index is 2.05. The van der Waals surface area contributed by atoms with Crippen molar-refractivity contribution in [2.45, 2.75) is 13.3 Å². The highest BCUT2D eigenvalue weighted by atomic mass is 32.1. The zero-order chi connectivity index (χ0) is 13.1. The van der Waals surface area contributed by atoms with E-state index in [9.17, 15) is 9.59 Å². The Labute approximate surface area is 108 Å². The number of amides is 1. The topological polar surface area (TPSA) is 77.5 Å². The summed E-state index contributed by atoms with van der Waals surface area (Å²) in [5.41, 5.74) is 0.560. The molecule has 0 bridgehead atoms. The quantitative estimate of drug-likeness (QED) is 0.835. The highest BCUT2D eigenvalue weighted by Gasteiger charge is 2.25. The van der Waals surface area contributed by atoms with Gasteiger partial charge in [-0.15, -0.1) is 0 Å². The summed E-state index contributed by atoms with van der Waals surface area (Å²) in [4.78, 5) is 27.8. The minimum atomic E-state index is -0.435. The molecule has 0 aliphatic carbocycles. The van der Waals surface area contributed by atoms with E-state index in [-0.39, 0.29) is 11.8 Å². The molecule has 98 valence electrons. The van der Waals surface area contributed by atoms with Crippen molar-refractivity contribution >= 4 is 28.3 Å². The molecule has 1 aromatic rings. The van der Waals surface area contributed by atoms with E-state index in [2.05, 4.69) is 15.0 Å². The minimum Gasteiger partial charge on any atom is -0.465 e. The molecule has 18 heavy (non-hydrogen) atoms. The first-order chi connectivity index (χ1) is 8.61. The van der Waals surface area contributed by atoms with E-state index >= 15 is 0 Å². The van der Waals surface area contributed by atoms with Crippen molar-refractivity contribution < 1.29 is 19.1 Å². The molecule has 0 aromatic carbocycles. The summed E-state index contributed by atoms with van der Waals surface area (Å²) in [6, 6.07) is 0. The maximum Gasteiger partial charge on any atom is 0.350 e. The smallest absolute Gasteiger partial charge is 0.350 e. The predicted molar refractivity (Wildman–Crippen MR) is 65.7 cm³/mol. The van der Waals surface area contributed by atoms with E-state index in [1.54, 1.807) is 6.92 Å². The number of methoxy groups -OCH3 is 1. The molecule has 1 aliphatic rings. The minimum absolute atomic E-state index is 0.113. The number of ether oxygens (including phenoxy) is 2. The van der Waals surface area contributed by atoms with Crippen molar-refractivity contribution in [1.29, 1.82) is 0 Å². The molecule has 1 unspecified atom stereocenters. The average molecular weight is 270 g/mol. The molecule has 1 fully saturated rings. The summed E-state index contributed by atoms with van der Waals surface area (Å²) in [6.45, 7) is 2.76. The molecule has 0 saturated carbocycles. The maximum atomic E-state index is 11.8. The predicted octanol–water partition coefficient (Wildman–Crippen LogP) is 1.21. The number of thiazole rings is 1. The zero-order valence-corrected chi connectivity index (χ0v) is 11.0. The van der Waals surface area contributed by atoms with Gasteiger partial charge in [-0.1, -0.05) is 11.3 Å². The fourth-order valence-corrected chi connectivity index (χ4v) is 2.57. The third-order valence-electron chi connectivity index (χ3n) is 2.70. The number of rotatable bonds is 3. The maximum absolute atomic E-state index is 11.8. The number of esters is 1. The van der Waals surface area contributed by atoms with E-state index in [0.29, 0.717) is 28.9 Å². The van der Waals surface area contributed by atoms with Crippen LogP contribution in [0.1, 0.15) is 21.8 Å². The average Bonchev–Trinajstić information content (AvgIpc) is 2.97. The van der Waals surface area contributed by atoms with Gasteiger partial charge in [0.1, 0.15) is 4.88 Å². The van der Waals surface area contributed by atoms with Crippen molar-refractivity contribution in [3.63, 3.8) is 0 Å². The van der Waals surface area contributed by atoms with Crippen molar-refractivity contribution in [1.82, 2.24) is 4.98 Å². The molecule has 7 heteroatoms. The second-order valence-corrected chi connectivity index (χ2v) is 4.97. The Morgan fingerprint density at radius 2 is 2.33 bits per heavy atom. The van der Waals surface area contributed by atoms with E-state index in [1.807, 2.05) is 0 Å². The fourth-order valence-electron chi connectivity index (χ4n) is 1.68. The first-order valence-electron chi connectivity index (χ1n) is 5.56. The van der Waals surface area contributed by atoms with Gasteiger partial charge in [0, 0.05) is 6.61 Å². The lowest BCUT2D eigenvalue weighted by molar-refractivity contribution is -0.119. The lowest BCUT2D eigenvalue weighted by Crippen LogP contribution is -2.22. The van der Waals surface area contributed by atoms with E-state index in [4.69, 9.17) is 4.74 Å². The summed E-state index contributed by atoms with van der Waals surface area (Å²) in [5.74, 6) is -0.678. The molecule has 1 aromatic heterocycles. The summed E-state index contributed by atoms with van der Waals surface area (Å²) in [5, 5.41) is 3.13. The van der Waals surface area contributed by atoms with E-state index in [0.717, 1.165) is 17.8 Å². The molecular weight excluding hydrogens is 256 g/mol. The third kappa shape index (κ3) is 2.68. The summed E-state index contributed by atoms with van der Waals surface area (Å²) in [6.07, 6.45) is 0.722. The highest BCUT2D eigenvalue weighted by molar-refractivity contribution is 7.17. The number of nitrogens with one attached hydrogen (secondary N) is 1. The second-order valence-electron chi connectivity index (χ2n) is 3.97. The van der Waals surface area contributed by atoms with Gasteiger partial charge in [0.05, 0.1) is 25.3 Å². The highest BCUT2D eigenvalue weighted by Crippen LogP contribution is 2.24. The fraction of sp³-hybridized carbons (Fsp3) is 0.545. The van der Waals surface area contributed by atoms with Crippen LogP contribution < -0.4 is 5.32 Å². The van der Waals surface area contributed by atoms with Crippen LogP contribution in [-0.2, 0) is 14.3 Å². The Bertz CT molecular complexity index is 466. The Morgan fingerprint density at radius 3 is 2.94 bits per heavy atom. The van der Waals surface area contributed by atoms with Crippen molar-refractivity contribution in [2.75, 3.05) is 25.6 Å². The standard InChI is InChI=1S/C11H14N2O4S/c1-6-8(10(15)16-2)18-11(12-6)13-9(14)7-3-4-17-5-7/h7H,3-5H2,1-2H3,(H,12,13,14). The van der Waals surface area contributed by atoms with Gasteiger partial charge in [0.25, 0.3) is 0 Å². The monoisotopic (exact) mass is 270 g/mol. The van der Waals surface area contributed by atoms with Crippen LogP contribution in [0.4, 0.5) is 5.13 Å². The number of aryl methyl sites for hydroxylation is 1. The van der Waals surface area contributed by atoms with Crippen LogP contribution in [0.15, 0.2) is 0 Å². The van der Waals surface area contributed by atoms with Crippen molar-refractivity contribution in [3.05, 3.63) is 10.6 Å². The van der Waals surface area contributed by atoms with Crippen molar-refractivity contribution in [2.24, 2.45) is 5.92 Å². The lowest BCUT2D eigenvalue weighted by atomic mass is 10.1. The Hall–Kier alpha value is -1.47. The first kappa shape index (κ1) is 13.0. The normalized spacial score (nSPS) is 18.7. The van der Waals surface area contributed by atoms with Gasteiger partial charge in [0.2, 0.25) is 5.91 Å². The first-order valence-corrected chi connectivity index (χ1v) is 6.38. The van der Waals surface area contributed by atoms with Gasteiger partial charge in [-0.2, -0.15) is 0 Å². The van der Waals surface area contributed by atoms with Gasteiger partial charge in [-0.25, -0.2) is 9.78 Å².